The number of para-hydroxylation sites is 1. The third-order valence-corrected chi connectivity index (χ3v) is 6.01. The molecular formula is C26H23N3O3. The molecule has 1 atom stereocenters. The first-order chi connectivity index (χ1) is 15.5. The summed E-state index contributed by atoms with van der Waals surface area (Å²) < 4.78 is 7.35. The summed E-state index contributed by atoms with van der Waals surface area (Å²) in [6.07, 6.45) is 3.51. The lowest BCUT2D eigenvalue weighted by Gasteiger charge is -2.20. The van der Waals surface area contributed by atoms with Gasteiger partial charge < -0.3 is 19.2 Å². The highest BCUT2D eigenvalue weighted by Gasteiger charge is 2.28. The normalized spacial score (nSPS) is 14.6. The number of amides is 1. The minimum atomic E-state index is -0.493. The summed E-state index contributed by atoms with van der Waals surface area (Å²) in [6.45, 7) is 2.48. The topological polar surface area (TPSA) is 67.5 Å². The molecule has 1 N–H and O–H groups in total. The maximum absolute atomic E-state index is 13.5. The van der Waals surface area contributed by atoms with E-state index in [1.54, 1.807) is 49.2 Å². The number of anilines is 2. The highest BCUT2D eigenvalue weighted by atomic mass is 16.3. The Labute approximate surface area is 186 Å². The number of benzene rings is 2. The molecule has 1 aliphatic heterocycles. The number of aryl methyl sites for hydroxylation is 1. The van der Waals surface area contributed by atoms with Crippen LogP contribution in [0.4, 0.5) is 11.4 Å². The van der Waals surface area contributed by atoms with Crippen molar-refractivity contribution in [3.8, 4) is 0 Å². The van der Waals surface area contributed by atoms with Gasteiger partial charge in [-0.05, 0) is 61.0 Å². The summed E-state index contributed by atoms with van der Waals surface area (Å²) >= 11 is 0. The van der Waals surface area contributed by atoms with Crippen LogP contribution in [-0.4, -0.2) is 23.3 Å². The predicted molar refractivity (Wildman–Crippen MR) is 123 cm³/mol. The molecule has 0 spiro atoms. The first-order valence-corrected chi connectivity index (χ1v) is 10.5. The molecule has 6 heteroatoms. The number of carbonyl (C=O) groups excluding carboxylic acids is 2. The van der Waals surface area contributed by atoms with Gasteiger partial charge in [0.2, 0.25) is 0 Å². The summed E-state index contributed by atoms with van der Waals surface area (Å²) in [5.74, 6) is 0.402. The fourth-order valence-corrected chi connectivity index (χ4v) is 4.17. The molecule has 0 saturated carbocycles. The molecular weight excluding hydrogens is 402 g/mol. The van der Waals surface area contributed by atoms with Gasteiger partial charge in [0.05, 0.1) is 11.8 Å². The van der Waals surface area contributed by atoms with E-state index in [1.807, 2.05) is 36.5 Å². The first kappa shape index (κ1) is 19.9. The van der Waals surface area contributed by atoms with E-state index in [4.69, 9.17) is 4.42 Å². The fourth-order valence-electron chi connectivity index (χ4n) is 4.17. The predicted octanol–water partition coefficient (Wildman–Crippen LogP) is 5.06. The number of hydrogen-bond donors (Lipinski definition) is 1. The molecule has 32 heavy (non-hydrogen) atoms. The highest BCUT2D eigenvalue weighted by molar-refractivity contribution is 6.07. The van der Waals surface area contributed by atoms with Gasteiger partial charge in [0.1, 0.15) is 11.8 Å². The van der Waals surface area contributed by atoms with E-state index >= 15 is 0 Å². The summed E-state index contributed by atoms with van der Waals surface area (Å²) in [5.41, 5.74) is 4.85. The van der Waals surface area contributed by atoms with E-state index in [9.17, 15) is 9.59 Å². The Kier molecular flexibility index (Phi) is 4.90. The van der Waals surface area contributed by atoms with Crippen LogP contribution in [0.25, 0.3) is 0 Å². The zero-order valence-corrected chi connectivity index (χ0v) is 17.9. The van der Waals surface area contributed by atoms with Crippen LogP contribution in [0.5, 0.6) is 0 Å². The van der Waals surface area contributed by atoms with E-state index in [2.05, 4.69) is 16.0 Å². The van der Waals surface area contributed by atoms with Crippen LogP contribution in [0.3, 0.4) is 0 Å². The number of nitrogens with one attached hydrogen (secondary N) is 1. The second-order valence-corrected chi connectivity index (χ2v) is 7.96. The number of fused-ring (bicyclic) bond motifs is 2. The van der Waals surface area contributed by atoms with Crippen molar-refractivity contribution >= 4 is 23.1 Å². The zero-order valence-electron chi connectivity index (χ0n) is 17.9. The summed E-state index contributed by atoms with van der Waals surface area (Å²) in [4.78, 5) is 27.8. The molecule has 160 valence electrons. The lowest BCUT2D eigenvalue weighted by Crippen LogP contribution is -2.26. The highest BCUT2D eigenvalue weighted by Crippen LogP contribution is 2.31. The Morgan fingerprint density at radius 2 is 1.81 bits per heavy atom. The second-order valence-electron chi connectivity index (χ2n) is 7.96. The van der Waals surface area contributed by atoms with Crippen molar-refractivity contribution in [1.82, 2.24) is 4.57 Å². The number of furan rings is 1. The van der Waals surface area contributed by atoms with Crippen molar-refractivity contribution < 1.29 is 14.0 Å². The van der Waals surface area contributed by atoms with Crippen LogP contribution in [0.1, 0.15) is 43.8 Å². The summed E-state index contributed by atoms with van der Waals surface area (Å²) in [7, 11) is 1.71. The number of ketones is 1. The van der Waals surface area contributed by atoms with Crippen LogP contribution in [0, 0.1) is 6.92 Å². The van der Waals surface area contributed by atoms with E-state index in [0.29, 0.717) is 29.1 Å². The minimum Gasteiger partial charge on any atom is -0.469 e. The molecule has 0 saturated heterocycles. The molecule has 4 aromatic rings. The molecule has 2 aromatic carbocycles. The number of aromatic nitrogens is 1. The van der Waals surface area contributed by atoms with Crippen LogP contribution >= 0.6 is 0 Å². The number of nitrogens with zero attached hydrogens (tertiary/aromatic N) is 2. The minimum absolute atomic E-state index is 0.0205. The molecule has 0 fully saturated rings. The van der Waals surface area contributed by atoms with Crippen molar-refractivity contribution in [2.75, 3.05) is 17.3 Å². The lowest BCUT2D eigenvalue weighted by molar-refractivity contribution is 0.0965. The van der Waals surface area contributed by atoms with Gasteiger partial charge in [0, 0.05) is 42.4 Å². The van der Waals surface area contributed by atoms with E-state index in [0.717, 1.165) is 16.9 Å². The van der Waals surface area contributed by atoms with Crippen LogP contribution < -0.4 is 10.2 Å². The molecule has 5 rings (SSSR count). The van der Waals surface area contributed by atoms with Crippen molar-refractivity contribution in [2.45, 2.75) is 19.5 Å². The molecule has 0 radical (unpaired) electrons. The Hall–Kier alpha value is -4.06. The third-order valence-electron chi connectivity index (χ3n) is 6.01. The van der Waals surface area contributed by atoms with Crippen molar-refractivity contribution in [2.24, 2.45) is 0 Å². The van der Waals surface area contributed by atoms with E-state index in [-0.39, 0.29) is 11.7 Å². The number of rotatable bonds is 4. The Bertz CT molecular complexity index is 1300. The molecule has 1 amide bonds. The van der Waals surface area contributed by atoms with Crippen molar-refractivity contribution in [1.29, 1.82) is 0 Å². The lowest BCUT2D eigenvalue weighted by atomic mass is 10.0. The van der Waals surface area contributed by atoms with Gasteiger partial charge in [-0.3, -0.25) is 9.59 Å². The van der Waals surface area contributed by atoms with E-state index < -0.39 is 6.04 Å². The molecule has 0 aliphatic carbocycles. The average molecular weight is 425 g/mol. The number of carbonyl (C=O) groups is 2. The van der Waals surface area contributed by atoms with Gasteiger partial charge in [0.25, 0.3) is 5.91 Å². The third kappa shape index (κ3) is 3.39. The fraction of sp³-hybridized carbons (Fsp3) is 0.154. The smallest absolute Gasteiger partial charge is 0.261 e. The van der Waals surface area contributed by atoms with Gasteiger partial charge >= 0.3 is 0 Å². The van der Waals surface area contributed by atoms with Gasteiger partial charge in [-0.15, -0.1) is 0 Å². The molecule has 1 unspecified atom stereocenters. The average Bonchev–Trinajstić information content (AvgIpc) is 3.42. The maximum atomic E-state index is 13.5. The number of hydrogen-bond acceptors (Lipinski definition) is 4. The Morgan fingerprint density at radius 3 is 2.56 bits per heavy atom. The molecule has 0 bridgehead atoms. The van der Waals surface area contributed by atoms with Crippen molar-refractivity contribution in [3.05, 3.63) is 107 Å². The quantitative estimate of drug-likeness (QED) is 0.464. The van der Waals surface area contributed by atoms with E-state index in [1.165, 1.54) is 6.26 Å². The maximum Gasteiger partial charge on any atom is 0.261 e. The van der Waals surface area contributed by atoms with Gasteiger partial charge in [0.15, 0.2) is 5.78 Å². The standard InChI is InChI=1S/C26H23N3O3/c1-17-21(13-15-32-17)26(31)28(2)20-11-9-18(10-12-20)25(30)24-23-8-5-14-29(23)16-19-6-3-4-7-22(19)27-24/h3-15,24,27H,16H2,1-2H3. The molecule has 6 nitrogen and oxygen atoms in total. The SMILES string of the molecule is Cc1occc1C(=O)N(C)c1ccc(C(=O)C2Nc3ccccc3Cn3cccc32)cc1. The summed E-state index contributed by atoms with van der Waals surface area (Å²) in [6, 6.07) is 20.3. The summed E-state index contributed by atoms with van der Waals surface area (Å²) in [5, 5.41) is 3.44. The first-order valence-electron chi connectivity index (χ1n) is 10.5. The van der Waals surface area contributed by atoms with Crippen LogP contribution in [-0.2, 0) is 6.54 Å². The number of Topliss-reactive ketones (excluding diaryl/α,β-unsaturated/α-hetero) is 1. The Morgan fingerprint density at radius 1 is 1.03 bits per heavy atom. The van der Waals surface area contributed by atoms with Crippen molar-refractivity contribution in [3.63, 3.8) is 0 Å². The van der Waals surface area contributed by atoms with Gasteiger partial charge in [-0.25, -0.2) is 0 Å². The second kappa shape index (κ2) is 7.89. The molecule has 1 aliphatic rings. The Balaban J connectivity index is 1.42. The van der Waals surface area contributed by atoms with Crippen LogP contribution in [0.2, 0.25) is 0 Å². The van der Waals surface area contributed by atoms with Crippen LogP contribution in [0.15, 0.2) is 83.6 Å². The van der Waals surface area contributed by atoms with Gasteiger partial charge in [-0.2, -0.15) is 0 Å². The molecule has 2 aromatic heterocycles. The zero-order chi connectivity index (χ0) is 22.2. The largest absolute Gasteiger partial charge is 0.469 e. The van der Waals surface area contributed by atoms with Gasteiger partial charge in [-0.1, -0.05) is 18.2 Å². The monoisotopic (exact) mass is 425 g/mol. The molecule has 3 heterocycles.